The Bertz CT molecular complexity index is 1360. The molecule has 0 unspecified atom stereocenters. The van der Waals surface area contributed by atoms with Gasteiger partial charge in [-0.3, -0.25) is 4.79 Å². The molecule has 0 saturated heterocycles. The van der Waals surface area contributed by atoms with Gasteiger partial charge in [0.2, 0.25) is 10.0 Å². The molecule has 0 spiro atoms. The number of aryl methyl sites for hydroxylation is 1. The fraction of sp³-hybridized carbons (Fsp3) is 0.231. The first-order valence-electron chi connectivity index (χ1n) is 11.0. The van der Waals surface area contributed by atoms with Crippen molar-refractivity contribution in [2.24, 2.45) is 0 Å². The van der Waals surface area contributed by atoms with Crippen LogP contribution in [-0.4, -0.2) is 38.9 Å². The van der Waals surface area contributed by atoms with Gasteiger partial charge in [0.1, 0.15) is 23.2 Å². The van der Waals surface area contributed by atoms with Crippen molar-refractivity contribution in [1.29, 1.82) is 5.26 Å². The largest absolute Gasteiger partial charge is 0.460 e. The SMILES string of the molecule is COCCNC(=O)/C(C#N)=C\c1ccc(CN(Cc2ccc(C)cc2)S(=O)(=O)c2ccc(Cl)cc2)o1. The Balaban J connectivity index is 1.86. The first-order chi connectivity index (χ1) is 17.2. The average Bonchev–Trinajstić information content (AvgIpc) is 3.30. The standard InChI is InChI=1S/C26H26ClN3O5S/c1-19-3-5-20(6-4-19)17-30(36(32,33)25-11-7-22(27)8-12-25)18-24-10-9-23(35-24)15-21(16-28)26(31)29-13-14-34-2/h3-12,15H,13-14,17-18H2,1-2H3,(H,29,31)/b21-15-. The monoisotopic (exact) mass is 527 g/mol. The van der Waals surface area contributed by atoms with Crippen LogP contribution in [0.1, 0.15) is 22.6 Å². The summed E-state index contributed by atoms with van der Waals surface area (Å²) >= 11 is 5.94. The van der Waals surface area contributed by atoms with E-state index in [1.165, 1.54) is 41.8 Å². The van der Waals surface area contributed by atoms with Crippen molar-refractivity contribution in [1.82, 2.24) is 9.62 Å². The summed E-state index contributed by atoms with van der Waals surface area (Å²) in [5.74, 6) is 0.0458. The average molecular weight is 528 g/mol. The molecule has 1 heterocycles. The molecule has 0 radical (unpaired) electrons. The van der Waals surface area contributed by atoms with Gasteiger partial charge in [-0.1, -0.05) is 41.4 Å². The van der Waals surface area contributed by atoms with Crippen molar-refractivity contribution < 1.29 is 22.4 Å². The summed E-state index contributed by atoms with van der Waals surface area (Å²) in [6.45, 7) is 2.58. The number of benzene rings is 2. The van der Waals surface area contributed by atoms with Crippen LogP contribution >= 0.6 is 11.6 Å². The van der Waals surface area contributed by atoms with Crippen LogP contribution in [0.25, 0.3) is 6.08 Å². The number of halogens is 1. The van der Waals surface area contributed by atoms with E-state index in [1.54, 1.807) is 12.1 Å². The normalized spacial score (nSPS) is 11.9. The molecule has 2 aromatic carbocycles. The van der Waals surface area contributed by atoms with Gasteiger partial charge in [0.15, 0.2) is 0 Å². The highest BCUT2D eigenvalue weighted by molar-refractivity contribution is 7.89. The van der Waals surface area contributed by atoms with Crippen molar-refractivity contribution in [3.8, 4) is 6.07 Å². The van der Waals surface area contributed by atoms with Crippen LogP contribution in [0.5, 0.6) is 0 Å². The maximum atomic E-state index is 13.5. The van der Waals surface area contributed by atoms with E-state index in [-0.39, 0.29) is 35.9 Å². The smallest absolute Gasteiger partial charge is 0.262 e. The first-order valence-corrected chi connectivity index (χ1v) is 12.8. The summed E-state index contributed by atoms with van der Waals surface area (Å²) in [5.41, 5.74) is 1.73. The molecule has 10 heteroatoms. The molecule has 3 rings (SSSR count). The van der Waals surface area contributed by atoms with Gasteiger partial charge in [-0.05, 0) is 48.9 Å². The second kappa shape index (κ2) is 12.5. The molecule has 0 aliphatic heterocycles. The Morgan fingerprint density at radius 1 is 1.11 bits per heavy atom. The maximum absolute atomic E-state index is 13.5. The van der Waals surface area contributed by atoms with Crippen LogP contribution < -0.4 is 5.32 Å². The number of nitriles is 1. The van der Waals surface area contributed by atoms with Gasteiger partial charge in [0.05, 0.1) is 18.0 Å². The molecular formula is C26H26ClN3O5S. The molecule has 188 valence electrons. The molecular weight excluding hydrogens is 502 g/mol. The van der Waals surface area contributed by atoms with E-state index < -0.39 is 15.9 Å². The molecule has 0 fully saturated rings. The third-order valence-electron chi connectivity index (χ3n) is 5.19. The minimum absolute atomic E-state index is 0.0609. The molecule has 3 aromatic rings. The lowest BCUT2D eigenvalue weighted by atomic mass is 10.1. The van der Waals surface area contributed by atoms with E-state index in [1.807, 2.05) is 37.3 Å². The summed E-state index contributed by atoms with van der Waals surface area (Å²) in [4.78, 5) is 12.3. The number of furan rings is 1. The number of hydrogen-bond donors (Lipinski definition) is 1. The predicted molar refractivity (Wildman–Crippen MR) is 136 cm³/mol. The van der Waals surface area contributed by atoms with E-state index in [2.05, 4.69) is 5.32 Å². The number of nitrogens with zero attached hydrogens (tertiary/aromatic N) is 2. The molecule has 8 nitrogen and oxygen atoms in total. The van der Waals surface area contributed by atoms with Gasteiger partial charge in [0, 0.05) is 31.3 Å². The zero-order chi connectivity index (χ0) is 26.1. The molecule has 0 saturated carbocycles. The molecule has 1 aromatic heterocycles. The van der Waals surface area contributed by atoms with Crippen LogP contribution in [0, 0.1) is 18.3 Å². The van der Waals surface area contributed by atoms with E-state index in [0.717, 1.165) is 11.1 Å². The number of rotatable bonds is 11. The topological polar surface area (TPSA) is 113 Å². The maximum Gasteiger partial charge on any atom is 0.262 e. The predicted octanol–water partition coefficient (Wildman–Crippen LogP) is 4.30. The highest BCUT2D eigenvalue weighted by atomic mass is 35.5. The van der Waals surface area contributed by atoms with Gasteiger partial charge in [-0.15, -0.1) is 0 Å². The second-order valence-corrected chi connectivity index (χ2v) is 10.3. The number of sulfonamides is 1. The zero-order valence-corrected chi connectivity index (χ0v) is 21.5. The molecule has 0 bridgehead atoms. The van der Waals surface area contributed by atoms with Crippen LogP contribution in [0.3, 0.4) is 0 Å². The zero-order valence-electron chi connectivity index (χ0n) is 19.9. The number of nitrogens with one attached hydrogen (secondary N) is 1. The van der Waals surface area contributed by atoms with Crippen LogP contribution in [0.15, 0.2) is 75.5 Å². The summed E-state index contributed by atoms with van der Waals surface area (Å²) in [6.07, 6.45) is 1.31. The van der Waals surface area contributed by atoms with Crippen molar-refractivity contribution in [2.75, 3.05) is 20.3 Å². The fourth-order valence-corrected chi connectivity index (χ4v) is 4.78. The van der Waals surface area contributed by atoms with Crippen LogP contribution in [-0.2, 0) is 32.6 Å². The van der Waals surface area contributed by atoms with E-state index in [4.69, 9.17) is 20.8 Å². The van der Waals surface area contributed by atoms with Crippen molar-refractivity contribution in [3.63, 3.8) is 0 Å². The molecule has 1 amide bonds. The minimum atomic E-state index is -3.90. The Hall–Kier alpha value is -3.42. The number of amides is 1. The summed E-state index contributed by atoms with van der Waals surface area (Å²) < 4.78 is 38.9. The Labute approximate surface area is 215 Å². The highest BCUT2D eigenvalue weighted by Gasteiger charge is 2.26. The lowest BCUT2D eigenvalue weighted by Crippen LogP contribution is -2.30. The second-order valence-electron chi connectivity index (χ2n) is 7.94. The summed E-state index contributed by atoms with van der Waals surface area (Å²) in [7, 11) is -2.39. The van der Waals surface area contributed by atoms with E-state index in [9.17, 15) is 18.5 Å². The molecule has 1 N–H and O–H groups in total. The van der Waals surface area contributed by atoms with Crippen LogP contribution in [0.2, 0.25) is 5.02 Å². The molecule has 0 aliphatic carbocycles. The van der Waals surface area contributed by atoms with Crippen molar-refractivity contribution >= 4 is 33.6 Å². The Morgan fingerprint density at radius 3 is 2.44 bits per heavy atom. The summed E-state index contributed by atoms with van der Waals surface area (Å²) in [5, 5.41) is 12.4. The minimum Gasteiger partial charge on any atom is -0.460 e. The number of methoxy groups -OCH3 is 1. The Morgan fingerprint density at radius 2 is 1.81 bits per heavy atom. The van der Waals surface area contributed by atoms with Gasteiger partial charge in [0.25, 0.3) is 5.91 Å². The molecule has 0 aliphatic rings. The van der Waals surface area contributed by atoms with Gasteiger partial charge in [-0.2, -0.15) is 9.57 Å². The van der Waals surface area contributed by atoms with E-state index >= 15 is 0 Å². The molecule has 36 heavy (non-hydrogen) atoms. The lowest BCUT2D eigenvalue weighted by molar-refractivity contribution is -0.117. The van der Waals surface area contributed by atoms with E-state index in [0.29, 0.717) is 17.4 Å². The van der Waals surface area contributed by atoms with Gasteiger partial charge < -0.3 is 14.5 Å². The van der Waals surface area contributed by atoms with Gasteiger partial charge >= 0.3 is 0 Å². The number of carbonyl (C=O) groups excluding carboxylic acids is 1. The Kier molecular flexibility index (Phi) is 9.44. The van der Waals surface area contributed by atoms with Gasteiger partial charge in [-0.25, -0.2) is 8.42 Å². The number of ether oxygens (including phenoxy) is 1. The molecule has 0 atom stereocenters. The first kappa shape index (κ1) is 27.2. The van der Waals surface area contributed by atoms with Crippen molar-refractivity contribution in [2.45, 2.75) is 24.9 Å². The summed E-state index contributed by atoms with van der Waals surface area (Å²) in [6, 6.07) is 18.6. The highest BCUT2D eigenvalue weighted by Crippen LogP contribution is 2.24. The number of carbonyl (C=O) groups is 1. The quantitative estimate of drug-likeness (QED) is 0.226. The van der Waals surface area contributed by atoms with Crippen molar-refractivity contribution in [3.05, 3.63) is 93.9 Å². The lowest BCUT2D eigenvalue weighted by Gasteiger charge is -2.21. The number of hydrogen-bond acceptors (Lipinski definition) is 6. The third kappa shape index (κ3) is 7.29. The van der Waals surface area contributed by atoms with Crippen LogP contribution in [0.4, 0.5) is 0 Å². The third-order valence-corrected chi connectivity index (χ3v) is 7.25. The fourth-order valence-electron chi connectivity index (χ4n) is 3.26.